The van der Waals surface area contributed by atoms with Gasteiger partial charge >= 0.3 is 0 Å². The second-order valence-electron chi connectivity index (χ2n) is 6.82. The highest BCUT2D eigenvalue weighted by Gasteiger charge is 2.31. The average molecular weight is 377 g/mol. The van der Waals surface area contributed by atoms with Crippen LogP contribution >= 0.6 is 0 Å². The molecule has 4 rings (SSSR count). The molecule has 0 radical (unpaired) electrons. The highest BCUT2D eigenvalue weighted by Crippen LogP contribution is 2.33. The summed E-state index contributed by atoms with van der Waals surface area (Å²) in [5.41, 5.74) is 1.76. The summed E-state index contributed by atoms with van der Waals surface area (Å²) >= 11 is 0. The van der Waals surface area contributed by atoms with Gasteiger partial charge in [-0.05, 0) is 31.5 Å². The number of hydrogen-bond acceptors (Lipinski definition) is 6. The molecule has 8 heteroatoms. The third kappa shape index (κ3) is 2.92. The van der Waals surface area contributed by atoms with Crippen molar-refractivity contribution in [3.63, 3.8) is 0 Å². The first-order valence-electron chi connectivity index (χ1n) is 9.01. The van der Waals surface area contributed by atoms with Crippen molar-refractivity contribution in [1.82, 2.24) is 9.97 Å². The minimum Gasteiger partial charge on any atom is -0.357 e. The van der Waals surface area contributed by atoms with E-state index in [9.17, 15) is 14.9 Å². The number of aryl methyl sites for hydroxylation is 1. The van der Waals surface area contributed by atoms with E-state index >= 15 is 0 Å². The zero-order valence-corrected chi connectivity index (χ0v) is 15.6. The maximum absolute atomic E-state index is 13.4. The minimum absolute atomic E-state index is 0.0652. The molecule has 2 heterocycles. The lowest BCUT2D eigenvalue weighted by atomic mass is 10.1. The molecule has 3 aromatic rings. The molecule has 0 saturated carbocycles. The summed E-state index contributed by atoms with van der Waals surface area (Å²) in [4.78, 5) is 37.3. The number of carbonyl (C=O) groups excluding carboxylic acids is 1. The lowest BCUT2D eigenvalue weighted by molar-refractivity contribution is -0.385. The van der Waals surface area contributed by atoms with Gasteiger partial charge in [0.1, 0.15) is 5.56 Å². The fraction of sp³-hybridized carbons (Fsp3) is 0.250. The first-order valence-corrected chi connectivity index (χ1v) is 9.01. The van der Waals surface area contributed by atoms with Crippen LogP contribution in [0.1, 0.15) is 22.3 Å². The van der Waals surface area contributed by atoms with E-state index in [0.717, 1.165) is 5.52 Å². The number of fused-ring (bicyclic) bond motifs is 2. The molecule has 0 N–H and O–H groups in total. The average Bonchev–Trinajstić information content (AvgIpc) is 2.84. The highest BCUT2D eigenvalue weighted by atomic mass is 16.6. The molecule has 0 aliphatic carbocycles. The van der Waals surface area contributed by atoms with Crippen LogP contribution in [-0.4, -0.2) is 40.9 Å². The largest absolute Gasteiger partial charge is 0.357 e. The molecule has 2 aromatic carbocycles. The van der Waals surface area contributed by atoms with Crippen molar-refractivity contribution in [1.29, 1.82) is 0 Å². The number of nitro benzene ring substituents is 1. The van der Waals surface area contributed by atoms with E-state index in [0.29, 0.717) is 42.2 Å². The summed E-state index contributed by atoms with van der Waals surface area (Å²) < 4.78 is 0. The minimum atomic E-state index is -0.501. The molecule has 1 amide bonds. The van der Waals surface area contributed by atoms with Gasteiger partial charge in [-0.25, -0.2) is 9.97 Å². The van der Waals surface area contributed by atoms with Gasteiger partial charge in [-0.1, -0.05) is 24.3 Å². The lowest BCUT2D eigenvalue weighted by Crippen LogP contribution is -2.33. The molecule has 0 bridgehead atoms. The number of amides is 1. The van der Waals surface area contributed by atoms with Gasteiger partial charge in [0.2, 0.25) is 0 Å². The third-order valence-electron chi connectivity index (χ3n) is 4.92. The normalized spacial score (nSPS) is 13.9. The van der Waals surface area contributed by atoms with Crippen molar-refractivity contribution in [3.05, 3.63) is 63.7 Å². The van der Waals surface area contributed by atoms with Crippen molar-refractivity contribution in [2.24, 2.45) is 0 Å². The molecular formula is C20H19N5O3. The van der Waals surface area contributed by atoms with Gasteiger partial charge in [-0.15, -0.1) is 0 Å². The van der Waals surface area contributed by atoms with E-state index in [2.05, 4.69) is 4.98 Å². The molecule has 142 valence electrons. The number of nitrogens with zero attached hydrogens (tertiary/aromatic N) is 5. The van der Waals surface area contributed by atoms with Crippen LogP contribution in [0.5, 0.6) is 0 Å². The van der Waals surface area contributed by atoms with E-state index in [1.54, 1.807) is 19.1 Å². The van der Waals surface area contributed by atoms with Crippen LogP contribution in [0.2, 0.25) is 0 Å². The van der Waals surface area contributed by atoms with Crippen LogP contribution in [0.4, 0.5) is 17.3 Å². The molecule has 0 unspecified atom stereocenters. The van der Waals surface area contributed by atoms with Crippen molar-refractivity contribution in [2.45, 2.75) is 13.3 Å². The summed E-state index contributed by atoms with van der Waals surface area (Å²) in [5.74, 6) is 0.593. The summed E-state index contributed by atoms with van der Waals surface area (Å²) in [6.45, 7) is 2.75. The zero-order chi connectivity index (χ0) is 19.8. The molecule has 1 aliphatic heterocycles. The SMILES string of the molecule is Cc1cccc(C(=O)N2CCCN(C)c3nc4ccccc4nc32)c1[N+](=O)[O-]. The Balaban J connectivity index is 1.89. The quantitative estimate of drug-likeness (QED) is 0.502. The number of para-hydroxylation sites is 3. The first-order chi connectivity index (χ1) is 13.5. The monoisotopic (exact) mass is 377 g/mol. The molecule has 28 heavy (non-hydrogen) atoms. The fourth-order valence-corrected chi connectivity index (χ4v) is 3.51. The smallest absolute Gasteiger partial charge is 0.285 e. The summed E-state index contributed by atoms with van der Waals surface area (Å²) in [6.07, 6.45) is 0.705. The Morgan fingerprint density at radius 2 is 1.71 bits per heavy atom. The number of nitro groups is 1. The Hall–Kier alpha value is -3.55. The van der Waals surface area contributed by atoms with E-state index in [1.165, 1.54) is 11.0 Å². The third-order valence-corrected chi connectivity index (χ3v) is 4.92. The predicted molar refractivity (Wildman–Crippen MR) is 107 cm³/mol. The molecule has 0 fully saturated rings. The van der Waals surface area contributed by atoms with Gasteiger partial charge in [0, 0.05) is 25.7 Å². The van der Waals surface area contributed by atoms with E-state index in [4.69, 9.17) is 4.98 Å². The molecule has 1 aliphatic rings. The molecule has 1 aromatic heterocycles. The summed E-state index contributed by atoms with van der Waals surface area (Å²) in [5, 5.41) is 11.6. The number of carbonyl (C=O) groups is 1. The molecular weight excluding hydrogens is 358 g/mol. The van der Waals surface area contributed by atoms with E-state index in [-0.39, 0.29) is 11.3 Å². The van der Waals surface area contributed by atoms with Crippen molar-refractivity contribution >= 4 is 34.3 Å². The van der Waals surface area contributed by atoms with Gasteiger partial charge < -0.3 is 4.90 Å². The first kappa shape index (κ1) is 17.8. The zero-order valence-electron chi connectivity index (χ0n) is 15.6. The molecule has 0 spiro atoms. The highest BCUT2D eigenvalue weighted by molar-refractivity contribution is 6.10. The van der Waals surface area contributed by atoms with Crippen molar-refractivity contribution < 1.29 is 9.72 Å². The van der Waals surface area contributed by atoms with Crippen molar-refractivity contribution in [3.8, 4) is 0 Å². The van der Waals surface area contributed by atoms with Gasteiger partial charge in [0.15, 0.2) is 11.6 Å². The Morgan fingerprint density at radius 3 is 2.39 bits per heavy atom. The molecule has 0 saturated heterocycles. The van der Waals surface area contributed by atoms with Crippen LogP contribution in [0.15, 0.2) is 42.5 Å². The van der Waals surface area contributed by atoms with Crippen LogP contribution in [0, 0.1) is 17.0 Å². The summed E-state index contributed by atoms with van der Waals surface area (Å²) in [6, 6.07) is 12.2. The molecule has 0 atom stereocenters. The topological polar surface area (TPSA) is 92.5 Å². The predicted octanol–water partition coefficient (Wildman–Crippen LogP) is 3.33. The Labute approximate surface area is 161 Å². The standard InChI is InChI=1S/C20H19N5O3/c1-13-7-5-8-14(17(13)25(27)28)20(26)24-12-6-11-23(2)18-19(24)22-16-10-4-3-9-15(16)21-18/h3-5,7-10H,6,11-12H2,1-2H3. The van der Waals surface area contributed by atoms with Crippen LogP contribution < -0.4 is 9.80 Å². The maximum atomic E-state index is 13.4. The van der Waals surface area contributed by atoms with Crippen molar-refractivity contribution in [2.75, 3.05) is 29.9 Å². The van der Waals surface area contributed by atoms with E-state index in [1.807, 2.05) is 36.2 Å². The van der Waals surface area contributed by atoms with Gasteiger partial charge in [0.05, 0.1) is 16.0 Å². The summed E-state index contributed by atoms with van der Waals surface area (Å²) in [7, 11) is 1.91. The number of rotatable bonds is 2. The number of hydrogen-bond donors (Lipinski definition) is 0. The number of anilines is 2. The van der Waals surface area contributed by atoms with Crippen LogP contribution in [-0.2, 0) is 0 Å². The number of benzene rings is 2. The Bertz CT molecular complexity index is 1100. The fourth-order valence-electron chi connectivity index (χ4n) is 3.51. The maximum Gasteiger partial charge on any atom is 0.285 e. The number of aromatic nitrogens is 2. The Morgan fingerprint density at radius 1 is 1.04 bits per heavy atom. The van der Waals surface area contributed by atoms with Gasteiger partial charge in [-0.2, -0.15) is 0 Å². The van der Waals surface area contributed by atoms with Gasteiger partial charge in [0.25, 0.3) is 11.6 Å². The second kappa shape index (κ2) is 6.88. The van der Waals surface area contributed by atoms with E-state index < -0.39 is 10.8 Å². The lowest BCUT2D eigenvalue weighted by Gasteiger charge is -2.23. The second-order valence-corrected chi connectivity index (χ2v) is 6.82. The van der Waals surface area contributed by atoms with Crippen LogP contribution in [0.3, 0.4) is 0 Å². The Kier molecular flexibility index (Phi) is 4.38. The molecule has 8 nitrogen and oxygen atoms in total. The van der Waals surface area contributed by atoms with Gasteiger partial charge in [-0.3, -0.25) is 19.8 Å². The van der Waals surface area contributed by atoms with Crippen LogP contribution in [0.25, 0.3) is 11.0 Å².